The number of hydrogen-bond donors (Lipinski definition) is 1. The van der Waals surface area contributed by atoms with E-state index in [1.807, 2.05) is 13.0 Å². The Bertz CT molecular complexity index is 534. The number of nitrogens with zero attached hydrogens (tertiary/aromatic N) is 2. The minimum absolute atomic E-state index is 0.649. The molecule has 0 saturated carbocycles. The van der Waals surface area contributed by atoms with Gasteiger partial charge in [0.05, 0.1) is 11.6 Å². The lowest BCUT2D eigenvalue weighted by Crippen LogP contribution is -2.48. The fourth-order valence-electron chi connectivity index (χ4n) is 4.00. The summed E-state index contributed by atoms with van der Waals surface area (Å²) in [6.45, 7) is 5.40. The van der Waals surface area contributed by atoms with Crippen LogP contribution < -0.4 is 10.2 Å². The summed E-state index contributed by atoms with van der Waals surface area (Å²) in [5.41, 5.74) is 3.17. The van der Waals surface area contributed by atoms with Crippen molar-refractivity contribution in [3.05, 3.63) is 29.3 Å². The Hall–Kier alpha value is -1.53. The van der Waals surface area contributed by atoms with Crippen molar-refractivity contribution in [1.29, 1.82) is 5.26 Å². The molecule has 2 fully saturated rings. The normalized spacial score (nSPS) is 27.4. The van der Waals surface area contributed by atoms with Crippen LogP contribution in [-0.2, 0) is 0 Å². The lowest BCUT2D eigenvalue weighted by Gasteiger charge is -2.39. The molecule has 1 aromatic rings. The van der Waals surface area contributed by atoms with Gasteiger partial charge in [-0.25, -0.2) is 0 Å². The number of aryl methyl sites for hydroxylation is 1. The van der Waals surface area contributed by atoms with Crippen molar-refractivity contribution in [1.82, 2.24) is 5.32 Å². The molecular formula is C18H25N3. The average molecular weight is 283 g/mol. The van der Waals surface area contributed by atoms with Crippen molar-refractivity contribution in [3.8, 4) is 6.07 Å². The Morgan fingerprint density at radius 2 is 2.00 bits per heavy atom. The monoisotopic (exact) mass is 283 g/mol. The fraction of sp³-hybridized carbons (Fsp3) is 0.611. The van der Waals surface area contributed by atoms with Gasteiger partial charge in [-0.3, -0.25) is 0 Å². The van der Waals surface area contributed by atoms with E-state index < -0.39 is 0 Å². The SMILES string of the molecule is CCCN(c1ccc(C#N)c(C)c1)C1CC2CCC(C1)N2. The van der Waals surface area contributed by atoms with E-state index in [0.29, 0.717) is 18.1 Å². The Labute approximate surface area is 128 Å². The number of benzene rings is 1. The van der Waals surface area contributed by atoms with Crippen molar-refractivity contribution >= 4 is 5.69 Å². The minimum Gasteiger partial charge on any atom is -0.368 e. The van der Waals surface area contributed by atoms with Gasteiger partial charge < -0.3 is 10.2 Å². The van der Waals surface area contributed by atoms with Crippen LogP contribution >= 0.6 is 0 Å². The van der Waals surface area contributed by atoms with Gasteiger partial charge in [-0.2, -0.15) is 5.26 Å². The molecule has 1 aromatic carbocycles. The highest BCUT2D eigenvalue weighted by molar-refractivity contribution is 5.54. The van der Waals surface area contributed by atoms with Crippen molar-refractivity contribution in [3.63, 3.8) is 0 Å². The number of nitriles is 1. The lowest BCUT2D eigenvalue weighted by atomic mass is 9.96. The van der Waals surface area contributed by atoms with E-state index >= 15 is 0 Å². The highest BCUT2D eigenvalue weighted by atomic mass is 15.2. The number of rotatable bonds is 4. The second-order valence-corrected chi connectivity index (χ2v) is 6.57. The Balaban J connectivity index is 1.84. The summed E-state index contributed by atoms with van der Waals surface area (Å²) >= 11 is 0. The maximum absolute atomic E-state index is 9.11. The molecule has 2 saturated heterocycles. The standard InChI is InChI=1S/C18H25N3/c1-3-8-21(17-7-4-14(12-19)13(2)9-17)18-10-15-5-6-16(11-18)20-15/h4,7,9,15-16,18,20H,3,5-6,8,10-11H2,1-2H3. The molecule has 2 unspecified atom stereocenters. The van der Waals surface area contributed by atoms with Crippen molar-refractivity contribution in [2.45, 2.75) is 64.1 Å². The maximum Gasteiger partial charge on any atom is 0.0994 e. The van der Waals surface area contributed by atoms with Gasteiger partial charge in [-0.15, -0.1) is 0 Å². The van der Waals surface area contributed by atoms with Gasteiger partial charge in [0.15, 0.2) is 0 Å². The molecule has 0 aliphatic carbocycles. The maximum atomic E-state index is 9.11. The first-order chi connectivity index (χ1) is 10.2. The van der Waals surface area contributed by atoms with Gasteiger partial charge in [-0.1, -0.05) is 6.92 Å². The van der Waals surface area contributed by atoms with Crippen LogP contribution in [0.15, 0.2) is 18.2 Å². The first-order valence-corrected chi connectivity index (χ1v) is 8.24. The average Bonchev–Trinajstić information content (AvgIpc) is 2.83. The molecule has 0 radical (unpaired) electrons. The zero-order valence-electron chi connectivity index (χ0n) is 13.1. The zero-order chi connectivity index (χ0) is 14.8. The molecular weight excluding hydrogens is 258 g/mol. The number of hydrogen-bond acceptors (Lipinski definition) is 3. The Kier molecular flexibility index (Phi) is 4.17. The third kappa shape index (κ3) is 2.91. The molecule has 1 N–H and O–H groups in total. The van der Waals surface area contributed by atoms with E-state index in [2.05, 4.69) is 35.3 Å². The van der Waals surface area contributed by atoms with Crippen LogP contribution in [0.4, 0.5) is 5.69 Å². The summed E-state index contributed by atoms with van der Waals surface area (Å²) in [6, 6.07) is 10.6. The topological polar surface area (TPSA) is 39.1 Å². The van der Waals surface area contributed by atoms with Crippen LogP contribution in [-0.4, -0.2) is 24.7 Å². The lowest BCUT2D eigenvalue weighted by molar-refractivity contribution is 0.346. The molecule has 2 bridgehead atoms. The zero-order valence-corrected chi connectivity index (χ0v) is 13.1. The van der Waals surface area contributed by atoms with Crippen LogP contribution in [0.5, 0.6) is 0 Å². The Morgan fingerprint density at radius 1 is 1.29 bits per heavy atom. The van der Waals surface area contributed by atoms with Gasteiger partial charge in [0, 0.05) is 30.4 Å². The summed E-state index contributed by atoms with van der Waals surface area (Å²) in [7, 11) is 0. The predicted molar refractivity (Wildman–Crippen MR) is 86.5 cm³/mol. The quantitative estimate of drug-likeness (QED) is 0.921. The molecule has 0 aromatic heterocycles. The molecule has 2 heterocycles. The van der Waals surface area contributed by atoms with Crippen LogP contribution in [0.3, 0.4) is 0 Å². The summed E-state index contributed by atoms with van der Waals surface area (Å²) < 4.78 is 0. The van der Waals surface area contributed by atoms with E-state index in [0.717, 1.165) is 24.1 Å². The van der Waals surface area contributed by atoms with E-state index in [1.165, 1.54) is 31.4 Å². The smallest absolute Gasteiger partial charge is 0.0994 e. The van der Waals surface area contributed by atoms with E-state index in [1.54, 1.807) is 0 Å². The Morgan fingerprint density at radius 3 is 2.57 bits per heavy atom. The molecule has 2 atom stereocenters. The first kappa shape index (κ1) is 14.4. The van der Waals surface area contributed by atoms with Crippen LogP contribution in [0.1, 0.15) is 50.2 Å². The minimum atomic E-state index is 0.649. The van der Waals surface area contributed by atoms with Gasteiger partial charge in [0.1, 0.15) is 0 Å². The van der Waals surface area contributed by atoms with Crippen molar-refractivity contribution in [2.75, 3.05) is 11.4 Å². The molecule has 3 rings (SSSR count). The van der Waals surface area contributed by atoms with Gasteiger partial charge >= 0.3 is 0 Å². The molecule has 3 heteroatoms. The van der Waals surface area contributed by atoms with Crippen molar-refractivity contribution in [2.24, 2.45) is 0 Å². The predicted octanol–water partition coefficient (Wildman–Crippen LogP) is 3.37. The highest BCUT2D eigenvalue weighted by Crippen LogP contribution is 2.33. The number of piperidine rings is 1. The number of anilines is 1. The second-order valence-electron chi connectivity index (χ2n) is 6.57. The van der Waals surface area contributed by atoms with Gasteiger partial charge in [0.25, 0.3) is 0 Å². The third-order valence-electron chi connectivity index (χ3n) is 5.02. The van der Waals surface area contributed by atoms with E-state index in [-0.39, 0.29) is 0 Å². The fourth-order valence-corrected chi connectivity index (χ4v) is 4.00. The summed E-state index contributed by atoms with van der Waals surface area (Å²) in [4.78, 5) is 2.58. The van der Waals surface area contributed by atoms with Gasteiger partial charge in [-0.05, 0) is 62.8 Å². The molecule has 112 valence electrons. The molecule has 0 amide bonds. The van der Waals surface area contributed by atoms with E-state index in [9.17, 15) is 0 Å². The second kappa shape index (κ2) is 6.07. The molecule has 2 aliphatic rings. The van der Waals surface area contributed by atoms with Crippen LogP contribution in [0.2, 0.25) is 0 Å². The van der Waals surface area contributed by atoms with Crippen molar-refractivity contribution < 1.29 is 0 Å². The summed E-state index contributed by atoms with van der Waals surface area (Å²) in [6.07, 6.45) is 6.37. The number of fused-ring (bicyclic) bond motifs is 2. The molecule has 2 aliphatic heterocycles. The van der Waals surface area contributed by atoms with Crippen LogP contribution in [0.25, 0.3) is 0 Å². The highest BCUT2D eigenvalue weighted by Gasteiger charge is 2.36. The summed E-state index contributed by atoms with van der Waals surface area (Å²) in [5, 5.41) is 12.8. The largest absolute Gasteiger partial charge is 0.368 e. The van der Waals surface area contributed by atoms with Crippen LogP contribution in [0, 0.1) is 18.3 Å². The first-order valence-electron chi connectivity index (χ1n) is 8.24. The molecule has 3 nitrogen and oxygen atoms in total. The third-order valence-corrected chi connectivity index (χ3v) is 5.02. The molecule has 21 heavy (non-hydrogen) atoms. The van der Waals surface area contributed by atoms with Gasteiger partial charge in [0.2, 0.25) is 0 Å². The molecule has 0 spiro atoms. The number of nitrogens with one attached hydrogen (secondary N) is 1. The summed E-state index contributed by atoms with van der Waals surface area (Å²) in [5.74, 6) is 0. The van der Waals surface area contributed by atoms with E-state index in [4.69, 9.17) is 5.26 Å².